The SMILES string of the molecule is O=C(NCCCCN1CCCC1)N1CCc2ccccc2C1CO. The lowest BCUT2D eigenvalue weighted by molar-refractivity contribution is 0.127. The van der Waals surface area contributed by atoms with Crippen LogP contribution in [-0.2, 0) is 6.42 Å². The number of fused-ring (bicyclic) bond motifs is 1. The number of benzene rings is 1. The van der Waals surface area contributed by atoms with Crippen LogP contribution >= 0.6 is 0 Å². The maximum absolute atomic E-state index is 12.5. The van der Waals surface area contributed by atoms with Crippen LogP contribution in [0.15, 0.2) is 24.3 Å². The van der Waals surface area contributed by atoms with E-state index in [9.17, 15) is 9.90 Å². The van der Waals surface area contributed by atoms with Crippen LogP contribution in [0, 0.1) is 0 Å². The standard InChI is InChI=1S/C19H29N3O2/c23-15-18-17-8-2-1-7-16(17)9-14-22(18)19(24)20-10-3-4-11-21-12-5-6-13-21/h1-2,7-8,18,23H,3-6,9-15H2,(H,20,24). The highest BCUT2D eigenvalue weighted by Gasteiger charge is 2.29. The summed E-state index contributed by atoms with van der Waals surface area (Å²) in [6.45, 7) is 4.96. The van der Waals surface area contributed by atoms with E-state index in [1.807, 2.05) is 18.2 Å². The summed E-state index contributed by atoms with van der Waals surface area (Å²) >= 11 is 0. The summed E-state index contributed by atoms with van der Waals surface area (Å²) in [7, 11) is 0. The van der Waals surface area contributed by atoms with Crippen LogP contribution in [-0.4, -0.2) is 60.3 Å². The average molecular weight is 331 g/mol. The molecular weight excluding hydrogens is 302 g/mol. The van der Waals surface area contributed by atoms with Crippen molar-refractivity contribution in [2.75, 3.05) is 39.3 Å². The van der Waals surface area contributed by atoms with Crippen LogP contribution in [0.25, 0.3) is 0 Å². The van der Waals surface area contributed by atoms with Gasteiger partial charge >= 0.3 is 6.03 Å². The van der Waals surface area contributed by atoms with Gasteiger partial charge in [-0.3, -0.25) is 0 Å². The maximum atomic E-state index is 12.5. The van der Waals surface area contributed by atoms with Gasteiger partial charge in [0, 0.05) is 13.1 Å². The molecule has 5 heteroatoms. The number of nitrogens with one attached hydrogen (secondary N) is 1. The molecule has 1 aromatic carbocycles. The number of nitrogens with zero attached hydrogens (tertiary/aromatic N) is 2. The minimum absolute atomic E-state index is 0.0284. The number of unbranched alkanes of at least 4 members (excludes halogenated alkanes) is 1. The third-order valence-electron chi connectivity index (χ3n) is 5.22. The molecule has 2 amide bonds. The number of rotatable bonds is 6. The number of carbonyl (C=O) groups excluding carboxylic acids is 1. The van der Waals surface area contributed by atoms with Gasteiger partial charge in [-0.25, -0.2) is 4.79 Å². The van der Waals surface area contributed by atoms with Crippen LogP contribution in [0.5, 0.6) is 0 Å². The van der Waals surface area contributed by atoms with Gasteiger partial charge in [0.2, 0.25) is 0 Å². The van der Waals surface area contributed by atoms with Gasteiger partial charge in [0.1, 0.15) is 0 Å². The molecule has 0 bridgehead atoms. The highest BCUT2D eigenvalue weighted by Crippen LogP contribution is 2.29. The summed E-state index contributed by atoms with van der Waals surface area (Å²) in [5.41, 5.74) is 2.32. The van der Waals surface area contributed by atoms with Gasteiger partial charge < -0.3 is 20.2 Å². The zero-order valence-corrected chi connectivity index (χ0v) is 14.4. The number of hydrogen-bond donors (Lipinski definition) is 2. The van der Waals surface area contributed by atoms with Crippen molar-refractivity contribution in [1.82, 2.24) is 15.1 Å². The molecule has 1 saturated heterocycles. The van der Waals surface area contributed by atoms with E-state index in [2.05, 4.69) is 16.3 Å². The molecular formula is C19H29N3O2. The van der Waals surface area contributed by atoms with Crippen molar-refractivity contribution in [2.45, 2.75) is 38.1 Å². The van der Waals surface area contributed by atoms with Crippen LogP contribution < -0.4 is 5.32 Å². The van der Waals surface area contributed by atoms with Crippen LogP contribution in [0.1, 0.15) is 42.9 Å². The quantitative estimate of drug-likeness (QED) is 0.786. The fourth-order valence-corrected chi connectivity index (χ4v) is 3.86. The number of urea groups is 1. The first kappa shape index (κ1) is 17.2. The monoisotopic (exact) mass is 331 g/mol. The predicted octanol–water partition coefficient (Wildman–Crippen LogP) is 2.16. The fourth-order valence-electron chi connectivity index (χ4n) is 3.86. The number of amides is 2. The van der Waals surface area contributed by atoms with Crippen molar-refractivity contribution < 1.29 is 9.90 Å². The molecule has 0 radical (unpaired) electrons. The van der Waals surface area contributed by atoms with Crippen molar-refractivity contribution in [3.05, 3.63) is 35.4 Å². The molecule has 1 fully saturated rings. The lowest BCUT2D eigenvalue weighted by atomic mass is 9.93. The van der Waals surface area contributed by atoms with Gasteiger partial charge in [0.25, 0.3) is 0 Å². The van der Waals surface area contributed by atoms with E-state index in [0.717, 1.165) is 31.4 Å². The molecule has 1 unspecified atom stereocenters. The van der Waals surface area contributed by atoms with Crippen molar-refractivity contribution in [3.8, 4) is 0 Å². The second-order valence-electron chi connectivity index (χ2n) is 6.83. The molecule has 0 spiro atoms. The van der Waals surface area contributed by atoms with E-state index in [1.54, 1.807) is 4.90 Å². The lowest BCUT2D eigenvalue weighted by Crippen LogP contribution is -2.47. The highest BCUT2D eigenvalue weighted by molar-refractivity contribution is 5.75. The number of aliphatic hydroxyl groups excluding tert-OH is 1. The Hall–Kier alpha value is -1.59. The van der Waals surface area contributed by atoms with Crippen LogP contribution in [0.2, 0.25) is 0 Å². The first-order valence-corrected chi connectivity index (χ1v) is 9.25. The number of carbonyl (C=O) groups is 1. The first-order valence-electron chi connectivity index (χ1n) is 9.25. The Kier molecular flexibility index (Phi) is 6.10. The van der Waals surface area contributed by atoms with Gasteiger partial charge in [0.15, 0.2) is 0 Å². The smallest absolute Gasteiger partial charge is 0.318 e. The van der Waals surface area contributed by atoms with E-state index in [-0.39, 0.29) is 18.7 Å². The molecule has 1 atom stereocenters. The van der Waals surface area contributed by atoms with Crippen LogP contribution in [0.3, 0.4) is 0 Å². The minimum Gasteiger partial charge on any atom is -0.394 e. The predicted molar refractivity (Wildman–Crippen MR) is 95.0 cm³/mol. The van der Waals surface area contributed by atoms with E-state index >= 15 is 0 Å². The summed E-state index contributed by atoms with van der Waals surface area (Å²) < 4.78 is 0. The zero-order valence-electron chi connectivity index (χ0n) is 14.4. The average Bonchev–Trinajstić information content (AvgIpc) is 3.13. The second-order valence-corrected chi connectivity index (χ2v) is 6.83. The highest BCUT2D eigenvalue weighted by atomic mass is 16.3. The lowest BCUT2D eigenvalue weighted by Gasteiger charge is -2.36. The number of aliphatic hydroxyl groups is 1. The number of hydrogen-bond acceptors (Lipinski definition) is 3. The van der Waals surface area contributed by atoms with E-state index in [0.29, 0.717) is 13.1 Å². The topological polar surface area (TPSA) is 55.8 Å². The zero-order chi connectivity index (χ0) is 16.8. The summed E-state index contributed by atoms with van der Waals surface area (Å²) in [5, 5.41) is 12.8. The Morgan fingerprint density at radius 3 is 2.75 bits per heavy atom. The summed E-state index contributed by atoms with van der Waals surface area (Å²) in [4.78, 5) is 16.8. The van der Waals surface area contributed by atoms with Crippen molar-refractivity contribution in [3.63, 3.8) is 0 Å². The number of likely N-dealkylation sites (tertiary alicyclic amines) is 1. The minimum atomic E-state index is -0.223. The van der Waals surface area contributed by atoms with E-state index < -0.39 is 0 Å². The van der Waals surface area contributed by atoms with Gasteiger partial charge in [-0.05, 0) is 62.9 Å². The Morgan fingerprint density at radius 2 is 1.96 bits per heavy atom. The molecule has 5 nitrogen and oxygen atoms in total. The summed E-state index contributed by atoms with van der Waals surface area (Å²) in [6.07, 6.45) is 5.66. The molecule has 24 heavy (non-hydrogen) atoms. The third kappa shape index (κ3) is 4.08. The molecule has 132 valence electrons. The first-order chi connectivity index (χ1) is 11.8. The largest absolute Gasteiger partial charge is 0.394 e. The molecule has 0 saturated carbocycles. The molecule has 0 aromatic heterocycles. The molecule has 2 heterocycles. The Labute approximate surface area is 144 Å². The molecule has 0 aliphatic carbocycles. The van der Waals surface area contributed by atoms with Gasteiger partial charge in [-0.1, -0.05) is 24.3 Å². The molecule has 1 aromatic rings. The fraction of sp³-hybridized carbons (Fsp3) is 0.632. The van der Waals surface area contributed by atoms with Crippen molar-refractivity contribution in [2.24, 2.45) is 0 Å². The summed E-state index contributed by atoms with van der Waals surface area (Å²) in [6, 6.07) is 7.83. The Bertz CT molecular complexity index is 543. The van der Waals surface area contributed by atoms with Gasteiger partial charge in [0.05, 0.1) is 12.6 Å². The van der Waals surface area contributed by atoms with Crippen molar-refractivity contribution in [1.29, 1.82) is 0 Å². The van der Waals surface area contributed by atoms with E-state index in [4.69, 9.17) is 0 Å². The van der Waals surface area contributed by atoms with Gasteiger partial charge in [-0.2, -0.15) is 0 Å². The van der Waals surface area contributed by atoms with Crippen LogP contribution in [0.4, 0.5) is 4.79 Å². The molecule has 2 aliphatic heterocycles. The summed E-state index contributed by atoms with van der Waals surface area (Å²) in [5.74, 6) is 0. The van der Waals surface area contributed by atoms with Crippen molar-refractivity contribution >= 4 is 6.03 Å². The molecule has 2 aliphatic rings. The van der Waals surface area contributed by atoms with E-state index in [1.165, 1.54) is 31.5 Å². The normalized spacial score (nSPS) is 20.9. The maximum Gasteiger partial charge on any atom is 0.318 e. The third-order valence-corrected chi connectivity index (χ3v) is 5.22. The molecule has 2 N–H and O–H groups in total. The van der Waals surface area contributed by atoms with Gasteiger partial charge in [-0.15, -0.1) is 0 Å². The second kappa shape index (κ2) is 8.49. The molecule has 3 rings (SSSR count). The Morgan fingerprint density at radius 1 is 1.17 bits per heavy atom. The Balaban J connectivity index is 1.44.